The van der Waals surface area contributed by atoms with Gasteiger partial charge in [0.15, 0.2) is 5.13 Å². The number of ketones is 1. The minimum absolute atomic E-state index is 0.0691. The van der Waals surface area contributed by atoms with Gasteiger partial charge in [-0.3, -0.25) is 9.59 Å². The quantitative estimate of drug-likeness (QED) is 0.761. The van der Waals surface area contributed by atoms with Crippen molar-refractivity contribution in [3.05, 3.63) is 40.9 Å². The highest BCUT2D eigenvalue weighted by atomic mass is 32.1. The molecule has 2 aromatic rings. The maximum atomic E-state index is 12.5. The van der Waals surface area contributed by atoms with Crippen LogP contribution in [0.2, 0.25) is 0 Å². The maximum absolute atomic E-state index is 12.5. The molecule has 0 aliphatic heterocycles. The Labute approximate surface area is 163 Å². The summed E-state index contributed by atoms with van der Waals surface area (Å²) in [6.07, 6.45) is 4.29. The Hall–Kier alpha value is -2.21. The van der Waals surface area contributed by atoms with E-state index in [0.29, 0.717) is 18.6 Å². The van der Waals surface area contributed by atoms with Gasteiger partial charge in [0, 0.05) is 22.9 Å². The first kappa shape index (κ1) is 18.2. The molecule has 5 nitrogen and oxygen atoms in total. The minimum atomic E-state index is -0.180. The van der Waals surface area contributed by atoms with Crippen LogP contribution in [0, 0.1) is 24.7 Å². The van der Waals surface area contributed by atoms with Crippen LogP contribution in [-0.2, 0) is 20.9 Å². The van der Waals surface area contributed by atoms with E-state index in [-0.39, 0.29) is 30.3 Å². The molecule has 1 aromatic carbocycles. The number of aryl methyl sites for hydroxylation is 1. The van der Waals surface area contributed by atoms with Gasteiger partial charge >= 0.3 is 5.97 Å². The highest BCUT2D eigenvalue weighted by Gasteiger charge is 2.41. The average molecular weight is 385 g/mol. The van der Waals surface area contributed by atoms with Crippen LogP contribution in [0.4, 0.5) is 10.8 Å². The standard InChI is InChI=1S/C21H24N2O3S/c1-13-5-7-17(8-6-13)22-21-23-18(12-27-21)11-26-20(25)16-9-14-3-2-4-15(10-16)19(14)24/h5-8,12,14-16H,2-4,9-11H2,1H3,(H,22,23)/t14-,15-/m1/s1. The Morgan fingerprint density at radius 3 is 2.63 bits per heavy atom. The van der Waals surface area contributed by atoms with Crippen LogP contribution in [0.25, 0.3) is 0 Å². The summed E-state index contributed by atoms with van der Waals surface area (Å²) >= 11 is 1.49. The second-order valence-electron chi connectivity index (χ2n) is 7.64. The molecule has 1 aromatic heterocycles. The Balaban J connectivity index is 1.30. The van der Waals surface area contributed by atoms with Crippen molar-refractivity contribution in [1.29, 1.82) is 0 Å². The van der Waals surface area contributed by atoms with E-state index >= 15 is 0 Å². The molecule has 0 saturated heterocycles. The number of nitrogens with one attached hydrogen (secondary N) is 1. The lowest BCUT2D eigenvalue weighted by Crippen LogP contribution is -2.39. The number of benzene rings is 1. The van der Waals surface area contributed by atoms with Crippen LogP contribution in [0.1, 0.15) is 43.4 Å². The zero-order chi connectivity index (χ0) is 18.8. The predicted octanol–water partition coefficient (Wildman–Crippen LogP) is 4.63. The van der Waals surface area contributed by atoms with E-state index in [4.69, 9.17) is 4.74 Å². The number of Topliss-reactive ketones (excluding diaryl/α,β-unsaturated/α-hetero) is 1. The smallest absolute Gasteiger partial charge is 0.309 e. The Morgan fingerprint density at radius 2 is 1.93 bits per heavy atom. The highest BCUT2D eigenvalue weighted by Crippen LogP contribution is 2.40. The number of hydrogen-bond acceptors (Lipinski definition) is 6. The molecule has 0 radical (unpaired) electrons. The molecule has 142 valence electrons. The molecule has 2 atom stereocenters. The summed E-state index contributed by atoms with van der Waals surface area (Å²) in [6, 6.07) is 8.11. The second-order valence-corrected chi connectivity index (χ2v) is 8.50. The van der Waals surface area contributed by atoms with Crippen LogP contribution in [0.3, 0.4) is 0 Å². The van der Waals surface area contributed by atoms with Gasteiger partial charge in [0.05, 0.1) is 11.6 Å². The van der Waals surface area contributed by atoms with Gasteiger partial charge in [-0.15, -0.1) is 11.3 Å². The molecule has 6 heteroatoms. The van der Waals surface area contributed by atoms with E-state index in [0.717, 1.165) is 35.8 Å². The van der Waals surface area contributed by atoms with Crippen molar-refractivity contribution in [3.63, 3.8) is 0 Å². The van der Waals surface area contributed by atoms with Crippen molar-refractivity contribution in [2.45, 2.75) is 45.6 Å². The summed E-state index contributed by atoms with van der Waals surface area (Å²) in [5.74, 6) is 0.193. The fourth-order valence-electron chi connectivity index (χ4n) is 4.13. The third-order valence-corrected chi connectivity index (χ3v) is 6.40. The van der Waals surface area contributed by atoms with Gasteiger partial charge in [0.1, 0.15) is 12.4 Å². The molecule has 2 aliphatic carbocycles. The van der Waals surface area contributed by atoms with Gasteiger partial charge in [0.2, 0.25) is 0 Å². The number of carbonyl (C=O) groups excluding carboxylic acids is 2. The van der Waals surface area contributed by atoms with Crippen LogP contribution in [0.5, 0.6) is 0 Å². The number of ether oxygens (including phenoxy) is 1. The van der Waals surface area contributed by atoms with Crippen molar-refractivity contribution < 1.29 is 14.3 Å². The normalized spacial score (nSPS) is 24.5. The largest absolute Gasteiger partial charge is 0.459 e. The molecule has 1 N–H and O–H groups in total. The van der Waals surface area contributed by atoms with Crippen LogP contribution < -0.4 is 5.32 Å². The number of aromatic nitrogens is 1. The molecule has 0 amide bonds. The van der Waals surface area contributed by atoms with Crippen LogP contribution in [-0.4, -0.2) is 16.7 Å². The van der Waals surface area contributed by atoms with E-state index in [9.17, 15) is 9.59 Å². The summed E-state index contributed by atoms with van der Waals surface area (Å²) in [5.41, 5.74) is 2.94. The lowest BCUT2D eigenvalue weighted by atomic mass is 9.67. The van der Waals surface area contributed by atoms with E-state index in [1.54, 1.807) is 0 Å². The highest BCUT2D eigenvalue weighted by molar-refractivity contribution is 7.13. The number of thiazole rings is 1. The van der Waals surface area contributed by atoms with E-state index in [1.807, 2.05) is 29.6 Å². The van der Waals surface area contributed by atoms with Gasteiger partial charge in [0.25, 0.3) is 0 Å². The monoisotopic (exact) mass is 384 g/mol. The van der Waals surface area contributed by atoms with Gasteiger partial charge in [-0.05, 0) is 44.7 Å². The Morgan fingerprint density at radius 1 is 1.22 bits per heavy atom. The van der Waals surface area contributed by atoms with E-state index < -0.39 is 0 Å². The molecule has 0 spiro atoms. The molecule has 1 heterocycles. The molecular weight excluding hydrogens is 360 g/mol. The fourth-order valence-corrected chi connectivity index (χ4v) is 4.84. The molecule has 0 unspecified atom stereocenters. The molecule has 2 aliphatic rings. The van der Waals surface area contributed by atoms with Crippen molar-refractivity contribution >= 4 is 33.9 Å². The lowest BCUT2D eigenvalue weighted by molar-refractivity contribution is -0.154. The maximum Gasteiger partial charge on any atom is 0.309 e. The number of fused-ring (bicyclic) bond motifs is 2. The number of anilines is 2. The molecule has 27 heavy (non-hydrogen) atoms. The third-order valence-electron chi connectivity index (χ3n) is 5.60. The second kappa shape index (κ2) is 7.80. The minimum Gasteiger partial charge on any atom is -0.459 e. The zero-order valence-electron chi connectivity index (χ0n) is 15.4. The Kier molecular flexibility index (Phi) is 5.25. The molecule has 4 rings (SSSR count). The summed E-state index contributed by atoms with van der Waals surface area (Å²) in [7, 11) is 0. The molecule has 2 fully saturated rings. The van der Waals surface area contributed by atoms with Gasteiger partial charge in [-0.25, -0.2) is 4.98 Å². The first-order valence-electron chi connectivity index (χ1n) is 9.57. The van der Waals surface area contributed by atoms with Crippen LogP contribution in [0.15, 0.2) is 29.6 Å². The molecule has 2 bridgehead atoms. The van der Waals surface area contributed by atoms with Gasteiger partial charge in [-0.1, -0.05) is 24.1 Å². The first-order valence-corrected chi connectivity index (χ1v) is 10.4. The lowest BCUT2D eigenvalue weighted by Gasteiger charge is -2.36. The average Bonchev–Trinajstić information content (AvgIpc) is 3.09. The van der Waals surface area contributed by atoms with Crippen molar-refractivity contribution in [2.24, 2.45) is 17.8 Å². The van der Waals surface area contributed by atoms with Crippen molar-refractivity contribution in [2.75, 3.05) is 5.32 Å². The number of rotatable bonds is 5. The Bertz CT molecular complexity index is 814. The zero-order valence-corrected chi connectivity index (χ0v) is 16.3. The van der Waals surface area contributed by atoms with E-state index in [2.05, 4.69) is 17.2 Å². The van der Waals surface area contributed by atoms with Gasteiger partial charge < -0.3 is 10.1 Å². The van der Waals surface area contributed by atoms with Crippen molar-refractivity contribution in [3.8, 4) is 0 Å². The number of carbonyl (C=O) groups is 2. The number of nitrogens with zero attached hydrogens (tertiary/aromatic N) is 1. The SMILES string of the molecule is Cc1ccc(Nc2nc(COC(=O)C3C[C@H]4CCC[C@H](C3)C4=O)cs2)cc1. The fraction of sp³-hybridized carbons (Fsp3) is 0.476. The number of esters is 1. The summed E-state index contributed by atoms with van der Waals surface area (Å²) in [6.45, 7) is 2.24. The van der Waals surface area contributed by atoms with Crippen molar-refractivity contribution in [1.82, 2.24) is 4.98 Å². The van der Waals surface area contributed by atoms with Crippen LogP contribution >= 0.6 is 11.3 Å². The van der Waals surface area contributed by atoms with E-state index in [1.165, 1.54) is 16.9 Å². The molecule has 2 saturated carbocycles. The first-order chi connectivity index (χ1) is 13.1. The molecular formula is C21H24N2O3S. The summed E-state index contributed by atoms with van der Waals surface area (Å²) < 4.78 is 5.51. The predicted molar refractivity (Wildman–Crippen MR) is 105 cm³/mol. The number of hydrogen-bond donors (Lipinski definition) is 1. The van der Waals surface area contributed by atoms with Gasteiger partial charge in [-0.2, -0.15) is 0 Å². The summed E-state index contributed by atoms with van der Waals surface area (Å²) in [5, 5.41) is 5.95. The third kappa shape index (κ3) is 4.21. The topological polar surface area (TPSA) is 68.3 Å². The summed E-state index contributed by atoms with van der Waals surface area (Å²) in [4.78, 5) is 29.1.